The topological polar surface area (TPSA) is 71.1 Å². The van der Waals surface area contributed by atoms with E-state index in [1.807, 2.05) is 116 Å². The van der Waals surface area contributed by atoms with Gasteiger partial charge in [-0.3, -0.25) is 9.59 Å². The monoisotopic (exact) mass is 559 g/mol. The maximum atomic E-state index is 13.5. The quantitative estimate of drug-likeness (QED) is 0.192. The van der Waals surface area contributed by atoms with Crippen LogP contribution in [0.5, 0.6) is 0 Å². The molecule has 5 nitrogen and oxygen atoms in total. The lowest BCUT2D eigenvalue weighted by Gasteiger charge is -2.16. The summed E-state index contributed by atoms with van der Waals surface area (Å²) in [6.45, 7) is 2.04. The molecule has 0 radical (unpaired) electrons. The minimum atomic E-state index is -0.479. The number of rotatable bonds is 7. The van der Waals surface area contributed by atoms with Gasteiger partial charge in [0.05, 0.1) is 10.2 Å². The first kappa shape index (κ1) is 25.8. The molecule has 0 spiro atoms. The summed E-state index contributed by atoms with van der Waals surface area (Å²) in [5, 5.41) is 8.22. The van der Waals surface area contributed by atoms with Crippen LogP contribution in [0.25, 0.3) is 21.0 Å². The van der Waals surface area contributed by atoms with E-state index in [-0.39, 0.29) is 11.8 Å². The maximum absolute atomic E-state index is 13.5. The zero-order valence-corrected chi connectivity index (χ0v) is 23.3. The number of aryl methyl sites for hydroxylation is 1. The number of nitrogens with one attached hydrogen (secondary N) is 2. The van der Waals surface area contributed by atoms with Gasteiger partial charge in [-0.25, -0.2) is 4.98 Å². The average Bonchev–Trinajstić information content (AvgIpc) is 3.38. The number of amides is 2. The van der Waals surface area contributed by atoms with Gasteiger partial charge in [0.1, 0.15) is 5.25 Å². The third-order valence-electron chi connectivity index (χ3n) is 6.49. The van der Waals surface area contributed by atoms with Gasteiger partial charge in [-0.15, -0.1) is 11.8 Å². The number of benzene rings is 5. The number of hydrogen-bond donors (Lipinski definition) is 2. The van der Waals surface area contributed by atoms with Crippen LogP contribution in [-0.4, -0.2) is 16.8 Å². The third kappa shape index (κ3) is 5.76. The number of fused-ring (bicyclic) bond motifs is 2. The van der Waals surface area contributed by atoms with Crippen molar-refractivity contribution in [3.63, 3.8) is 0 Å². The lowest BCUT2D eigenvalue weighted by Crippen LogP contribution is -2.18. The molecule has 0 saturated heterocycles. The van der Waals surface area contributed by atoms with Gasteiger partial charge in [0.15, 0.2) is 5.13 Å². The summed E-state index contributed by atoms with van der Waals surface area (Å²) >= 11 is 2.93. The van der Waals surface area contributed by atoms with Crippen LogP contribution in [0.15, 0.2) is 120 Å². The second kappa shape index (κ2) is 11.3. The van der Waals surface area contributed by atoms with Crippen molar-refractivity contribution in [1.82, 2.24) is 4.98 Å². The number of hydrogen-bond acceptors (Lipinski definition) is 5. The first-order chi connectivity index (χ1) is 19.5. The van der Waals surface area contributed by atoms with Gasteiger partial charge in [0.2, 0.25) is 5.91 Å². The number of nitrogens with zero attached hydrogens (tertiary/aromatic N) is 1. The summed E-state index contributed by atoms with van der Waals surface area (Å²) in [6.07, 6.45) is 0. The molecule has 40 heavy (non-hydrogen) atoms. The Morgan fingerprint density at radius 1 is 0.775 bits per heavy atom. The first-order valence-corrected chi connectivity index (χ1v) is 14.5. The Bertz CT molecular complexity index is 1830. The highest BCUT2D eigenvalue weighted by Crippen LogP contribution is 2.37. The molecule has 1 atom stereocenters. The molecule has 6 aromatic rings. The van der Waals surface area contributed by atoms with E-state index in [0.29, 0.717) is 16.4 Å². The van der Waals surface area contributed by atoms with E-state index in [2.05, 4.69) is 21.7 Å². The lowest BCUT2D eigenvalue weighted by molar-refractivity contribution is -0.115. The number of thioether (sulfide) groups is 1. The fraction of sp³-hybridized carbons (Fsp3) is 0.0606. The van der Waals surface area contributed by atoms with Crippen molar-refractivity contribution in [2.45, 2.75) is 17.1 Å². The van der Waals surface area contributed by atoms with E-state index in [0.717, 1.165) is 37.0 Å². The fourth-order valence-corrected chi connectivity index (χ4v) is 6.44. The summed E-state index contributed by atoms with van der Waals surface area (Å²) in [6, 6.07) is 37.0. The number of carbonyl (C=O) groups is 2. The number of aromatic nitrogens is 1. The second-order valence-electron chi connectivity index (χ2n) is 9.43. The van der Waals surface area contributed by atoms with Crippen molar-refractivity contribution in [2.24, 2.45) is 0 Å². The molecule has 7 heteroatoms. The summed E-state index contributed by atoms with van der Waals surface area (Å²) in [4.78, 5) is 31.9. The molecule has 2 amide bonds. The smallest absolute Gasteiger partial charge is 0.255 e. The molecule has 2 N–H and O–H groups in total. The van der Waals surface area contributed by atoms with Crippen LogP contribution in [0, 0.1) is 6.92 Å². The van der Waals surface area contributed by atoms with Crippen molar-refractivity contribution in [1.29, 1.82) is 0 Å². The number of thiazole rings is 1. The predicted molar refractivity (Wildman–Crippen MR) is 166 cm³/mol. The highest BCUT2D eigenvalue weighted by atomic mass is 32.2. The Labute approximate surface area is 240 Å². The van der Waals surface area contributed by atoms with Crippen LogP contribution in [0.2, 0.25) is 0 Å². The molecular weight excluding hydrogens is 535 g/mol. The molecule has 0 bridgehead atoms. The summed E-state index contributed by atoms with van der Waals surface area (Å²) in [5.74, 6) is -0.306. The van der Waals surface area contributed by atoms with Crippen LogP contribution in [0.1, 0.15) is 26.7 Å². The van der Waals surface area contributed by atoms with Crippen LogP contribution in [-0.2, 0) is 4.79 Å². The van der Waals surface area contributed by atoms with Gasteiger partial charge in [-0.2, -0.15) is 0 Å². The molecule has 1 unspecified atom stereocenters. The van der Waals surface area contributed by atoms with Gasteiger partial charge in [-0.05, 0) is 77.4 Å². The van der Waals surface area contributed by atoms with E-state index < -0.39 is 5.25 Å². The molecular formula is C33H25N3O2S2. The minimum absolute atomic E-state index is 0.138. The molecule has 1 heterocycles. The van der Waals surface area contributed by atoms with E-state index in [1.54, 1.807) is 0 Å². The fourth-order valence-electron chi connectivity index (χ4n) is 4.44. The molecule has 196 valence electrons. The maximum Gasteiger partial charge on any atom is 0.255 e. The largest absolute Gasteiger partial charge is 0.322 e. The summed E-state index contributed by atoms with van der Waals surface area (Å²) < 4.78 is 1.04. The number of carbonyl (C=O) groups excluding carboxylic acids is 2. The van der Waals surface area contributed by atoms with Gasteiger partial charge in [0, 0.05) is 16.1 Å². The summed E-state index contributed by atoms with van der Waals surface area (Å²) in [5.41, 5.74) is 4.21. The highest BCUT2D eigenvalue weighted by Gasteiger charge is 2.23. The van der Waals surface area contributed by atoms with Gasteiger partial charge >= 0.3 is 0 Å². The Morgan fingerprint density at radius 3 is 2.33 bits per heavy atom. The molecule has 0 aliphatic carbocycles. The van der Waals surface area contributed by atoms with Crippen molar-refractivity contribution >= 4 is 66.7 Å². The van der Waals surface area contributed by atoms with E-state index in [1.165, 1.54) is 23.1 Å². The van der Waals surface area contributed by atoms with Crippen LogP contribution < -0.4 is 10.6 Å². The Balaban J connectivity index is 1.17. The Hall–Kier alpha value is -4.46. The van der Waals surface area contributed by atoms with E-state index in [4.69, 9.17) is 0 Å². The standard InChI is InChI=1S/C33H25N3O2S2/c1-21-11-18-28-29(19-21)40-33(35-28)36-32(38)30(23-8-3-2-4-9-23)39-27-16-14-26(15-17-27)34-31(37)25-13-12-22-7-5-6-10-24(22)20-25/h2-20,30H,1H3,(H,34,37)(H,35,36,38). The van der Waals surface area contributed by atoms with Crippen molar-refractivity contribution < 1.29 is 9.59 Å². The third-order valence-corrected chi connectivity index (χ3v) is 8.69. The molecule has 0 aliphatic rings. The number of anilines is 2. The molecule has 1 aromatic heterocycles. The SMILES string of the molecule is Cc1ccc2nc(NC(=O)C(Sc3ccc(NC(=O)c4ccc5ccccc5c4)cc3)c3ccccc3)sc2c1. The minimum Gasteiger partial charge on any atom is -0.322 e. The molecule has 0 fully saturated rings. The Morgan fingerprint density at radius 2 is 1.52 bits per heavy atom. The first-order valence-electron chi connectivity index (χ1n) is 12.8. The van der Waals surface area contributed by atoms with Gasteiger partial charge in [-0.1, -0.05) is 78.1 Å². The van der Waals surface area contributed by atoms with E-state index >= 15 is 0 Å². The van der Waals surface area contributed by atoms with E-state index in [9.17, 15) is 9.59 Å². The Kier molecular flexibility index (Phi) is 7.31. The predicted octanol–water partition coefficient (Wildman–Crippen LogP) is 8.48. The van der Waals surface area contributed by atoms with Gasteiger partial charge in [0.25, 0.3) is 5.91 Å². The summed E-state index contributed by atoms with van der Waals surface area (Å²) in [7, 11) is 0. The molecule has 0 aliphatic heterocycles. The molecule has 0 saturated carbocycles. The van der Waals surface area contributed by atoms with Crippen LogP contribution in [0.4, 0.5) is 10.8 Å². The molecule has 6 rings (SSSR count). The molecule has 5 aromatic carbocycles. The van der Waals surface area contributed by atoms with Crippen molar-refractivity contribution in [3.8, 4) is 0 Å². The normalized spacial score (nSPS) is 11.8. The second-order valence-corrected chi connectivity index (χ2v) is 11.6. The average molecular weight is 560 g/mol. The van der Waals surface area contributed by atoms with Crippen LogP contribution in [0.3, 0.4) is 0 Å². The zero-order chi connectivity index (χ0) is 27.5. The van der Waals surface area contributed by atoms with Gasteiger partial charge < -0.3 is 10.6 Å². The van der Waals surface area contributed by atoms with Crippen molar-refractivity contribution in [2.75, 3.05) is 10.6 Å². The zero-order valence-electron chi connectivity index (χ0n) is 21.6. The van der Waals surface area contributed by atoms with Crippen molar-refractivity contribution in [3.05, 3.63) is 132 Å². The lowest BCUT2D eigenvalue weighted by atomic mass is 10.1. The highest BCUT2D eigenvalue weighted by molar-refractivity contribution is 8.00. The van der Waals surface area contributed by atoms with Crippen LogP contribution >= 0.6 is 23.1 Å².